The van der Waals surface area contributed by atoms with Crippen molar-refractivity contribution in [2.24, 2.45) is 9.98 Å². The minimum Gasteiger partial charge on any atom is -0.456 e. The number of nitrogens with zero attached hydrogens (tertiary/aromatic N) is 3. The van der Waals surface area contributed by atoms with E-state index in [2.05, 4.69) is 198 Å². The Bertz CT molecular complexity index is 4150. The van der Waals surface area contributed by atoms with Crippen molar-refractivity contribution in [2.75, 3.05) is 0 Å². The number of furan rings is 2. The van der Waals surface area contributed by atoms with Gasteiger partial charge in [0.05, 0.1) is 22.3 Å². The van der Waals surface area contributed by atoms with Crippen molar-refractivity contribution in [3.63, 3.8) is 0 Å². The maximum absolute atomic E-state index is 6.92. The maximum atomic E-state index is 6.92. The van der Waals surface area contributed by atoms with E-state index in [1.54, 1.807) is 0 Å². The van der Waals surface area contributed by atoms with Gasteiger partial charge in [0.1, 0.15) is 34.3 Å². The molecule has 4 heterocycles. The van der Waals surface area contributed by atoms with Crippen LogP contribution < -0.4 is 5.32 Å². The summed E-state index contributed by atoms with van der Waals surface area (Å²) >= 11 is 0. The summed E-state index contributed by atoms with van der Waals surface area (Å²) in [5, 5.41) is 14.8. The highest BCUT2D eigenvalue weighted by molar-refractivity contribution is 6.27. The molecule has 1 atom stereocenters. The van der Waals surface area contributed by atoms with Crippen molar-refractivity contribution in [1.29, 1.82) is 0 Å². The van der Waals surface area contributed by atoms with Gasteiger partial charge in [0, 0.05) is 43.3 Å². The predicted molar refractivity (Wildman–Crippen MR) is 268 cm³/mol. The Morgan fingerprint density at radius 2 is 1.11 bits per heavy atom. The molecule has 0 aliphatic carbocycles. The van der Waals surface area contributed by atoms with Gasteiger partial charge in [-0.25, -0.2) is 9.98 Å². The normalized spacial score (nSPS) is 14.3. The number of aromatic nitrogens is 1. The van der Waals surface area contributed by atoms with Gasteiger partial charge in [-0.2, -0.15) is 0 Å². The van der Waals surface area contributed by atoms with Gasteiger partial charge in [0.2, 0.25) is 0 Å². The number of fused-ring (bicyclic) bond motifs is 12. The zero-order valence-corrected chi connectivity index (χ0v) is 34.9. The molecular formula is C59H36N4O2. The second-order valence-electron chi connectivity index (χ2n) is 16.9. The smallest absolute Gasteiger partial charge is 0.162 e. The van der Waals surface area contributed by atoms with Crippen LogP contribution in [0.25, 0.3) is 104 Å². The molecule has 1 aliphatic heterocycles. The van der Waals surface area contributed by atoms with Crippen LogP contribution in [0, 0.1) is 0 Å². The first-order chi connectivity index (χ1) is 32.2. The van der Waals surface area contributed by atoms with E-state index in [9.17, 15) is 0 Å². The van der Waals surface area contributed by atoms with E-state index in [0.717, 1.165) is 105 Å². The van der Waals surface area contributed by atoms with Crippen LogP contribution in [-0.2, 0) is 0 Å². The largest absolute Gasteiger partial charge is 0.456 e. The molecule has 1 N–H and O–H groups in total. The molecule has 1 unspecified atom stereocenters. The van der Waals surface area contributed by atoms with Crippen LogP contribution in [0.4, 0.5) is 0 Å². The highest BCUT2D eigenvalue weighted by atomic mass is 16.3. The lowest BCUT2D eigenvalue weighted by Gasteiger charge is -2.25. The number of para-hydroxylation sites is 2. The Balaban J connectivity index is 1.08. The molecule has 1 aliphatic rings. The fraction of sp³-hybridized carbons (Fsp3) is 0.0169. The average Bonchev–Trinajstić information content (AvgIpc) is 4.05. The third kappa shape index (κ3) is 5.54. The van der Waals surface area contributed by atoms with Crippen molar-refractivity contribution in [2.45, 2.75) is 6.17 Å². The van der Waals surface area contributed by atoms with Gasteiger partial charge in [-0.3, -0.25) is 0 Å². The fourth-order valence-electron chi connectivity index (χ4n) is 10.2. The highest BCUT2D eigenvalue weighted by Gasteiger charge is 2.29. The molecule has 0 amide bonds. The Hall–Kier alpha value is -8.74. The van der Waals surface area contributed by atoms with Gasteiger partial charge < -0.3 is 18.7 Å². The van der Waals surface area contributed by atoms with E-state index in [-0.39, 0.29) is 0 Å². The van der Waals surface area contributed by atoms with Crippen LogP contribution in [0.15, 0.2) is 225 Å². The molecule has 0 spiro atoms. The predicted octanol–water partition coefficient (Wildman–Crippen LogP) is 15.1. The molecule has 10 aromatic carbocycles. The zero-order chi connectivity index (χ0) is 42.6. The summed E-state index contributed by atoms with van der Waals surface area (Å²) in [5.74, 6) is 1.34. The van der Waals surface area contributed by atoms with E-state index in [4.69, 9.17) is 18.8 Å². The monoisotopic (exact) mass is 832 g/mol. The molecule has 0 fully saturated rings. The lowest BCUT2D eigenvalue weighted by atomic mass is 9.99. The molecule has 0 saturated heterocycles. The van der Waals surface area contributed by atoms with Gasteiger partial charge in [-0.1, -0.05) is 152 Å². The van der Waals surface area contributed by atoms with Gasteiger partial charge in [0.15, 0.2) is 5.84 Å². The Labute approximate surface area is 372 Å². The van der Waals surface area contributed by atoms with Crippen LogP contribution >= 0.6 is 0 Å². The first-order valence-electron chi connectivity index (χ1n) is 22.0. The average molecular weight is 833 g/mol. The van der Waals surface area contributed by atoms with Crippen molar-refractivity contribution in [1.82, 2.24) is 9.88 Å². The lowest BCUT2D eigenvalue weighted by Crippen LogP contribution is -2.33. The van der Waals surface area contributed by atoms with Gasteiger partial charge in [-0.05, 0) is 87.4 Å². The Morgan fingerprint density at radius 1 is 0.431 bits per heavy atom. The topological polar surface area (TPSA) is 68.0 Å². The van der Waals surface area contributed by atoms with Gasteiger partial charge in [-0.15, -0.1) is 0 Å². The van der Waals surface area contributed by atoms with Gasteiger partial charge in [0.25, 0.3) is 0 Å². The summed E-state index contributed by atoms with van der Waals surface area (Å²) < 4.78 is 15.6. The molecule has 0 radical (unpaired) electrons. The van der Waals surface area contributed by atoms with Crippen LogP contribution in [0.5, 0.6) is 0 Å². The number of nitrogens with one attached hydrogen (secondary N) is 1. The van der Waals surface area contributed by atoms with E-state index in [1.165, 1.54) is 21.5 Å². The van der Waals surface area contributed by atoms with E-state index < -0.39 is 6.17 Å². The minimum atomic E-state index is -0.492. The van der Waals surface area contributed by atoms with Crippen molar-refractivity contribution >= 4 is 98.9 Å². The molecule has 65 heavy (non-hydrogen) atoms. The molecule has 14 rings (SSSR count). The first-order valence-corrected chi connectivity index (χ1v) is 22.0. The molecule has 304 valence electrons. The molecule has 6 nitrogen and oxygen atoms in total. The summed E-state index contributed by atoms with van der Waals surface area (Å²) in [4.78, 5) is 11.2. The molecule has 6 heteroatoms. The van der Waals surface area contributed by atoms with Gasteiger partial charge >= 0.3 is 0 Å². The zero-order valence-electron chi connectivity index (χ0n) is 34.9. The minimum absolute atomic E-state index is 0.492. The Morgan fingerprint density at radius 3 is 1.97 bits per heavy atom. The molecule has 3 aromatic heterocycles. The third-order valence-corrected chi connectivity index (χ3v) is 13.2. The quantitative estimate of drug-likeness (QED) is 0.188. The van der Waals surface area contributed by atoms with E-state index in [1.807, 2.05) is 18.2 Å². The second kappa shape index (κ2) is 13.9. The lowest BCUT2D eigenvalue weighted by molar-refractivity contribution is 0.663. The molecule has 0 bridgehead atoms. The van der Waals surface area contributed by atoms with Crippen molar-refractivity contribution < 1.29 is 8.83 Å². The number of rotatable bonds is 5. The van der Waals surface area contributed by atoms with Crippen LogP contribution in [-0.4, -0.2) is 16.2 Å². The van der Waals surface area contributed by atoms with Crippen molar-refractivity contribution in [3.8, 4) is 16.8 Å². The number of hydrogen-bond acceptors (Lipinski definition) is 5. The number of aliphatic imine (C=N–C) groups is 2. The summed E-state index contributed by atoms with van der Waals surface area (Å²) in [6, 6.07) is 72.8. The fourth-order valence-corrected chi connectivity index (χ4v) is 10.2. The van der Waals surface area contributed by atoms with Crippen LogP contribution in [0.1, 0.15) is 22.9 Å². The summed E-state index contributed by atoms with van der Waals surface area (Å²) in [6.45, 7) is 0. The number of amidine groups is 2. The summed E-state index contributed by atoms with van der Waals surface area (Å²) in [6.07, 6.45) is -0.492. The van der Waals surface area contributed by atoms with E-state index in [0.29, 0.717) is 5.84 Å². The molecular weight excluding hydrogens is 797 g/mol. The Kier molecular flexibility index (Phi) is 7.65. The summed E-state index contributed by atoms with van der Waals surface area (Å²) in [7, 11) is 0. The van der Waals surface area contributed by atoms with Crippen molar-refractivity contribution in [3.05, 3.63) is 223 Å². The highest BCUT2D eigenvalue weighted by Crippen LogP contribution is 2.43. The molecule has 0 saturated carbocycles. The van der Waals surface area contributed by atoms with Crippen LogP contribution in [0.3, 0.4) is 0 Å². The number of hydrogen-bond donors (Lipinski definition) is 1. The van der Waals surface area contributed by atoms with E-state index >= 15 is 0 Å². The second-order valence-corrected chi connectivity index (χ2v) is 16.9. The standard InChI is InChI=1S/C59H36N4O2/c1-2-12-35(13-3-1)36-22-24-38(25-23-36)57-60-58(41-27-30-52-47(33-41)44-19-9-11-21-51(44)64-52)62-59(61-57)55-49(29-31-53-54(55)45-28-26-37-14-6-7-17-42(37)56(45)65-53)63-48-20-10-8-18-43(48)46-32-39-15-4-5-16-40(39)34-50(46)63/h1-34,58H,(H,60,61,62). The third-order valence-electron chi connectivity index (χ3n) is 13.2. The summed E-state index contributed by atoms with van der Waals surface area (Å²) in [5.41, 5.74) is 11.6. The SMILES string of the molecule is c1ccc(-c2ccc(C3=NC(c4c(-n5c6ccccc6c6cc7ccccc7cc65)ccc5oc6c7ccccc7ccc6c45)=NC(c4ccc5oc6ccccc6c5c4)N3)cc2)cc1. The molecule has 13 aromatic rings. The first kappa shape index (κ1) is 35.8. The maximum Gasteiger partial charge on any atom is 0.162 e. The van der Waals surface area contributed by atoms with Crippen LogP contribution in [0.2, 0.25) is 0 Å². The number of benzene rings is 10.